The van der Waals surface area contributed by atoms with Gasteiger partial charge < -0.3 is 14.8 Å². The third-order valence-corrected chi connectivity index (χ3v) is 4.06. The summed E-state index contributed by atoms with van der Waals surface area (Å²) in [5, 5.41) is 2.98. The quantitative estimate of drug-likeness (QED) is 0.892. The topological polar surface area (TPSA) is 47.6 Å². The molecular weight excluding hydrogens is 290 g/mol. The fourth-order valence-electron chi connectivity index (χ4n) is 2.80. The van der Waals surface area contributed by atoms with E-state index in [-0.39, 0.29) is 5.91 Å². The van der Waals surface area contributed by atoms with Crippen LogP contribution in [0.3, 0.4) is 0 Å². The Morgan fingerprint density at radius 3 is 3.00 bits per heavy atom. The Morgan fingerprint density at radius 1 is 1.26 bits per heavy atom. The highest BCUT2D eigenvalue weighted by Gasteiger charge is 2.12. The Balaban J connectivity index is 1.50. The number of nitrogens with one attached hydrogen (secondary N) is 1. The SMILES string of the molecule is COc1ccccc1CCC(=O)NCc1ccc2c(c1)CCO2. The van der Waals surface area contributed by atoms with Gasteiger partial charge in [-0.15, -0.1) is 0 Å². The normalized spacial score (nSPS) is 12.4. The zero-order chi connectivity index (χ0) is 16.1. The molecule has 1 amide bonds. The molecule has 4 nitrogen and oxygen atoms in total. The van der Waals surface area contributed by atoms with Crippen molar-refractivity contribution < 1.29 is 14.3 Å². The van der Waals surface area contributed by atoms with Gasteiger partial charge in [0, 0.05) is 19.4 Å². The molecule has 23 heavy (non-hydrogen) atoms. The number of benzene rings is 2. The van der Waals surface area contributed by atoms with Crippen LogP contribution in [0, 0.1) is 0 Å². The second kappa shape index (κ2) is 7.18. The van der Waals surface area contributed by atoms with Crippen LogP contribution in [0.2, 0.25) is 0 Å². The zero-order valence-corrected chi connectivity index (χ0v) is 13.3. The molecule has 4 heteroatoms. The molecule has 2 aromatic rings. The molecule has 0 fully saturated rings. The number of para-hydroxylation sites is 1. The number of amides is 1. The summed E-state index contributed by atoms with van der Waals surface area (Å²) in [5.74, 6) is 1.85. The van der Waals surface area contributed by atoms with Gasteiger partial charge in [0.25, 0.3) is 0 Å². The first-order chi connectivity index (χ1) is 11.3. The maximum Gasteiger partial charge on any atom is 0.220 e. The Hall–Kier alpha value is -2.49. The van der Waals surface area contributed by atoms with E-state index in [9.17, 15) is 4.79 Å². The standard InChI is InChI=1S/C19H21NO3/c1-22-17-5-3-2-4-15(17)7-9-19(21)20-13-14-6-8-18-16(12-14)10-11-23-18/h2-6,8,12H,7,9-11,13H2,1H3,(H,20,21). The van der Waals surface area contributed by atoms with Gasteiger partial charge in [-0.1, -0.05) is 30.3 Å². The molecule has 1 heterocycles. The van der Waals surface area contributed by atoms with Crippen molar-refractivity contribution in [2.45, 2.75) is 25.8 Å². The van der Waals surface area contributed by atoms with Crippen molar-refractivity contribution in [2.75, 3.05) is 13.7 Å². The molecule has 3 rings (SSSR count). The van der Waals surface area contributed by atoms with Gasteiger partial charge in [0.2, 0.25) is 5.91 Å². The van der Waals surface area contributed by atoms with Gasteiger partial charge in [0.1, 0.15) is 11.5 Å². The molecule has 0 radical (unpaired) electrons. The van der Waals surface area contributed by atoms with Gasteiger partial charge in [0.15, 0.2) is 0 Å². The largest absolute Gasteiger partial charge is 0.496 e. The number of hydrogen-bond acceptors (Lipinski definition) is 3. The molecule has 1 N–H and O–H groups in total. The van der Waals surface area contributed by atoms with E-state index in [2.05, 4.69) is 11.4 Å². The fourth-order valence-corrected chi connectivity index (χ4v) is 2.80. The number of carbonyl (C=O) groups excluding carboxylic acids is 1. The monoisotopic (exact) mass is 311 g/mol. The first-order valence-corrected chi connectivity index (χ1v) is 7.89. The number of carbonyl (C=O) groups is 1. The second-order valence-electron chi connectivity index (χ2n) is 5.63. The molecule has 2 aromatic carbocycles. The molecule has 0 spiro atoms. The first-order valence-electron chi connectivity index (χ1n) is 7.89. The van der Waals surface area contributed by atoms with E-state index in [1.54, 1.807) is 7.11 Å². The summed E-state index contributed by atoms with van der Waals surface area (Å²) in [4.78, 5) is 12.0. The van der Waals surface area contributed by atoms with Crippen molar-refractivity contribution in [1.29, 1.82) is 0 Å². The van der Waals surface area contributed by atoms with Gasteiger partial charge in [-0.3, -0.25) is 4.79 Å². The van der Waals surface area contributed by atoms with E-state index >= 15 is 0 Å². The summed E-state index contributed by atoms with van der Waals surface area (Å²) in [7, 11) is 1.65. The number of ether oxygens (including phenoxy) is 2. The lowest BCUT2D eigenvalue weighted by atomic mass is 10.1. The summed E-state index contributed by atoms with van der Waals surface area (Å²) in [6, 6.07) is 13.9. The average molecular weight is 311 g/mol. The zero-order valence-electron chi connectivity index (χ0n) is 13.3. The van der Waals surface area contributed by atoms with Gasteiger partial charge >= 0.3 is 0 Å². The third-order valence-electron chi connectivity index (χ3n) is 4.06. The Morgan fingerprint density at radius 2 is 2.13 bits per heavy atom. The third kappa shape index (κ3) is 3.83. The van der Waals surface area contributed by atoms with Crippen molar-refractivity contribution in [1.82, 2.24) is 5.32 Å². The minimum atomic E-state index is 0.0488. The lowest BCUT2D eigenvalue weighted by molar-refractivity contribution is -0.121. The number of fused-ring (bicyclic) bond motifs is 1. The summed E-state index contributed by atoms with van der Waals surface area (Å²) < 4.78 is 10.8. The van der Waals surface area contributed by atoms with Crippen LogP contribution in [-0.2, 0) is 24.2 Å². The Labute approximate surface area is 136 Å². The van der Waals surface area contributed by atoms with Gasteiger partial charge in [-0.05, 0) is 35.2 Å². The van der Waals surface area contributed by atoms with Crippen LogP contribution in [0.15, 0.2) is 42.5 Å². The number of rotatable bonds is 6. The summed E-state index contributed by atoms with van der Waals surface area (Å²) in [5.41, 5.74) is 3.39. The Kier molecular flexibility index (Phi) is 4.81. The van der Waals surface area contributed by atoms with Crippen molar-refractivity contribution >= 4 is 5.91 Å². The predicted octanol–water partition coefficient (Wildman–Crippen LogP) is 2.88. The summed E-state index contributed by atoms with van der Waals surface area (Å²) in [6.45, 7) is 1.31. The molecule has 1 aliphatic rings. The smallest absolute Gasteiger partial charge is 0.220 e. The lowest BCUT2D eigenvalue weighted by Crippen LogP contribution is -2.23. The number of hydrogen-bond donors (Lipinski definition) is 1. The molecule has 0 saturated heterocycles. The van der Waals surface area contributed by atoms with Crippen molar-refractivity contribution in [3.63, 3.8) is 0 Å². The van der Waals surface area contributed by atoms with Crippen LogP contribution < -0.4 is 14.8 Å². The average Bonchev–Trinajstić information content (AvgIpc) is 3.06. The molecule has 0 saturated carbocycles. The fraction of sp³-hybridized carbons (Fsp3) is 0.316. The van der Waals surface area contributed by atoms with E-state index in [4.69, 9.17) is 9.47 Å². The Bertz CT molecular complexity index is 697. The van der Waals surface area contributed by atoms with Crippen molar-refractivity contribution in [3.05, 3.63) is 59.2 Å². The summed E-state index contributed by atoms with van der Waals surface area (Å²) in [6.07, 6.45) is 2.08. The molecule has 0 aromatic heterocycles. The first kappa shape index (κ1) is 15.4. The molecule has 120 valence electrons. The lowest BCUT2D eigenvalue weighted by Gasteiger charge is -2.09. The van der Waals surface area contributed by atoms with Crippen LogP contribution >= 0.6 is 0 Å². The molecular formula is C19H21NO3. The number of aryl methyl sites for hydroxylation is 1. The highest BCUT2D eigenvalue weighted by atomic mass is 16.5. The molecule has 0 unspecified atom stereocenters. The van der Waals surface area contributed by atoms with E-state index in [0.717, 1.165) is 35.7 Å². The maximum atomic E-state index is 12.0. The second-order valence-corrected chi connectivity index (χ2v) is 5.63. The van der Waals surface area contributed by atoms with Crippen LogP contribution in [-0.4, -0.2) is 19.6 Å². The van der Waals surface area contributed by atoms with Crippen molar-refractivity contribution in [2.24, 2.45) is 0 Å². The van der Waals surface area contributed by atoms with Crippen LogP contribution in [0.5, 0.6) is 11.5 Å². The number of methoxy groups -OCH3 is 1. The van der Waals surface area contributed by atoms with Gasteiger partial charge in [0.05, 0.1) is 13.7 Å². The highest BCUT2D eigenvalue weighted by Crippen LogP contribution is 2.25. The molecule has 0 atom stereocenters. The van der Waals surface area contributed by atoms with Crippen LogP contribution in [0.1, 0.15) is 23.1 Å². The minimum Gasteiger partial charge on any atom is -0.496 e. The highest BCUT2D eigenvalue weighted by molar-refractivity contribution is 5.76. The molecule has 0 bridgehead atoms. The van der Waals surface area contributed by atoms with Crippen molar-refractivity contribution in [3.8, 4) is 11.5 Å². The van der Waals surface area contributed by atoms with Crippen LogP contribution in [0.25, 0.3) is 0 Å². The minimum absolute atomic E-state index is 0.0488. The van der Waals surface area contributed by atoms with Gasteiger partial charge in [-0.25, -0.2) is 0 Å². The van der Waals surface area contributed by atoms with E-state index in [1.807, 2.05) is 36.4 Å². The molecule has 1 aliphatic heterocycles. The van der Waals surface area contributed by atoms with Gasteiger partial charge in [-0.2, -0.15) is 0 Å². The summed E-state index contributed by atoms with van der Waals surface area (Å²) >= 11 is 0. The van der Waals surface area contributed by atoms with Crippen LogP contribution in [0.4, 0.5) is 0 Å². The van der Waals surface area contributed by atoms with E-state index in [0.29, 0.717) is 19.4 Å². The maximum absolute atomic E-state index is 12.0. The van der Waals surface area contributed by atoms with E-state index < -0.39 is 0 Å². The van der Waals surface area contributed by atoms with E-state index in [1.165, 1.54) is 5.56 Å². The predicted molar refractivity (Wildman–Crippen MR) is 88.8 cm³/mol. The molecule has 0 aliphatic carbocycles.